The van der Waals surface area contributed by atoms with E-state index in [2.05, 4.69) is 27.7 Å². The minimum absolute atomic E-state index is 0.0698. The van der Waals surface area contributed by atoms with Gasteiger partial charge in [-0.3, -0.25) is 0 Å². The van der Waals surface area contributed by atoms with Crippen LogP contribution in [0.4, 0.5) is 0 Å². The highest BCUT2D eigenvalue weighted by Crippen LogP contribution is 2.69. The summed E-state index contributed by atoms with van der Waals surface area (Å²) in [6.45, 7) is 9.63. The van der Waals surface area contributed by atoms with Crippen LogP contribution in [0.15, 0.2) is 0 Å². The van der Waals surface area contributed by atoms with Crippen LogP contribution in [0.2, 0.25) is 0 Å². The molecule has 2 nitrogen and oxygen atoms in total. The van der Waals surface area contributed by atoms with Crippen molar-refractivity contribution in [2.24, 2.45) is 40.4 Å². The first-order chi connectivity index (χ1) is 11.8. The predicted octanol–water partition coefficient (Wildman–Crippen LogP) is 5.17. The normalized spacial score (nSPS) is 58.3. The lowest BCUT2D eigenvalue weighted by Crippen LogP contribution is -2.58. The van der Waals surface area contributed by atoms with Gasteiger partial charge in [0.1, 0.15) is 0 Å². The summed E-state index contributed by atoms with van der Waals surface area (Å²) >= 11 is 0. The number of rotatable bonds is 2. The topological polar surface area (TPSA) is 40.5 Å². The third kappa shape index (κ3) is 2.35. The summed E-state index contributed by atoms with van der Waals surface area (Å²) in [5, 5.41) is 21.8. The molecule has 4 saturated carbocycles. The van der Waals surface area contributed by atoms with Gasteiger partial charge >= 0.3 is 0 Å². The van der Waals surface area contributed by atoms with E-state index in [1.807, 2.05) is 0 Å². The van der Waals surface area contributed by atoms with Crippen molar-refractivity contribution in [2.75, 3.05) is 0 Å². The van der Waals surface area contributed by atoms with Crippen LogP contribution in [0, 0.1) is 40.4 Å². The Morgan fingerprint density at radius 2 is 1.68 bits per heavy atom. The number of aliphatic hydroxyl groups excluding tert-OH is 1. The summed E-state index contributed by atoms with van der Waals surface area (Å²) < 4.78 is 0. The highest BCUT2D eigenvalue weighted by Gasteiger charge is 2.64. The fourth-order valence-electron chi connectivity index (χ4n) is 8.63. The Labute approximate surface area is 154 Å². The summed E-state index contributed by atoms with van der Waals surface area (Å²) in [4.78, 5) is 0. The van der Waals surface area contributed by atoms with E-state index in [4.69, 9.17) is 0 Å². The summed E-state index contributed by atoms with van der Waals surface area (Å²) in [5.74, 6) is 3.70. The second kappa shape index (κ2) is 5.96. The molecule has 0 heterocycles. The predicted molar refractivity (Wildman–Crippen MR) is 102 cm³/mol. The number of hydrogen-bond acceptors (Lipinski definition) is 2. The Bertz CT molecular complexity index is 518. The van der Waals surface area contributed by atoms with Crippen molar-refractivity contribution in [1.29, 1.82) is 0 Å². The molecule has 4 aliphatic rings. The first kappa shape index (κ1) is 18.3. The van der Waals surface area contributed by atoms with Crippen LogP contribution < -0.4 is 0 Å². The van der Waals surface area contributed by atoms with E-state index in [0.29, 0.717) is 17.3 Å². The number of hydrogen-bond donors (Lipinski definition) is 2. The van der Waals surface area contributed by atoms with E-state index in [1.54, 1.807) is 0 Å². The van der Waals surface area contributed by atoms with Crippen molar-refractivity contribution in [2.45, 2.75) is 104 Å². The molecule has 4 rings (SSSR count). The van der Waals surface area contributed by atoms with Gasteiger partial charge in [-0.05, 0) is 98.2 Å². The molecule has 25 heavy (non-hydrogen) atoms. The van der Waals surface area contributed by atoms with E-state index in [0.717, 1.165) is 49.9 Å². The second-order valence-electron chi connectivity index (χ2n) is 10.8. The Balaban J connectivity index is 1.64. The molecule has 0 aromatic heterocycles. The van der Waals surface area contributed by atoms with E-state index >= 15 is 0 Å². The summed E-state index contributed by atoms with van der Waals surface area (Å²) in [7, 11) is 0. The van der Waals surface area contributed by atoms with E-state index in [1.165, 1.54) is 32.1 Å². The first-order valence-corrected chi connectivity index (χ1v) is 11.2. The third-order valence-electron chi connectivity index (χ3n) is 10.2. The maximum absolute atomic E-state index is 11.5. The van der Waals surface area contributed by atoms with Crippen molar-refractivity contribution in [3.05, 3.63) is 0 Å². The molecule has 4 aliphatic carbocycles. The van der Waals surface area contributed by atoms with Gasteiger partial charge in [0.05, 0.1) is 11.7 Å². The first-order valence-electron chi connectivity index (χ1n) is 11.2. The number of fused-ring (bicyclic) bond motifs is 5. The summed E-state index contributed by atoms with van der Waals surface area (Å²) in [5.41, 5.74) is 0.142. The molecule has 0 saturated heterocycles. The SMILES string of the molecule is CCC[C@]1(O)CC[C@H]2[C@@H]3CC[C@H]4C[C@H](O)C[C@H](C)[C@]4(C)[C@H]3CC[C@@]21C. The molecule has 0 aromatic rings. The molecule has 0 unspecified atom stereocenters. The lowest BCUT2D eigenvalue weighted by Gasteiger charge is -2.63. The monoisotopic (exact) mass is 348 g/mol. The molecule has 9 atom stereocenters. The standard InChI is InChI=1S/C23H40O2/c1-5-10-23(25)12-9-19-18-7-6-16-14-17(24)13-15(2)22(16,4)20(18)8-11-21(19,23)3/h15-20,24-25H,5-14H2,1-4H3/t15-,16-,17+,18-,19-,20-,21-,22-,23-/m0/s1. The highest BCUT2D eigenvalue weighted by molar-refractivity contribution is 5.14. The van der Waals surface area contributed by atoms with Gasteiger partial charge in [-0.15, -0.1) is 0 Å². The lowest BCUT2D eigenvalue weighted by molar-refractivity contribution is -0.175. The molecular weight excluding hydrogens is 308 g/mol. The smallest absolute Gasteiger partial charge is 0.0703 e. The van der Waals surface area contributed by atoms with Crippen LogP contribution in [0.1, 0.15) is 91.9 Å². The van der Waals surface area contributed by atoms with Crippen LogP contribution in [-0.2, 0) is 0 Å². The molecule has 0 aliphatic heterocycles. The fraction of sp³-hybridized carbons (Fsp3) is 1.00. The lowest BCUT2D eigenvalue weighted by atomic mass is 9.42. The van der Waals surface area contributed by atoms with Gasteiger partial charge < -0.3 is 10.2 Å². The molecule has 0 amide bonds. The van der Waals surface area contributed by atoms with Crippen molar-refractivity contribution >= 4 is 0 Å². The maximum atomic E-state index is 11.5. The van der Waals surface area contributed by atoms with Gasteiger partial charge in [0.15, 0.2) is 0 Å². The van der Waals surface area contributed by atoms with E-state index < -0.39 is 5.60 Å². The Morgan fingerprint density at radius 3 is 2.40 bits per heavy atom. The van der Waals surface area contributed by atoms with Gasteiger partial charge in [0.25, 0.3) is 0 Å². The van der Waals surface area contributed by atoms with Crippen LogP contribution in [-0.4, -0.2) is 21.9 Å². The van der Waals surface area contributed by atoms with E-state index in [-0.39, 0.29) is 11.5 Å². The van der Waals surface area contributed by atoms with Gasteiger partial charge in [-0.25, -0.2) is 0 Å². The molecule has 0 spiro atoms. The zero-order valence-corrected chi connectivity index (χ0v) is 16.9. The van der Waals surface area contributed by atoms with Gasteiger partial charge in [-0.2, -0.15) is 0 Å². The minimum Gasteiger partial charge on any atom is -0.393 e. The van der Waals surface area contributed by atoms with Crippen molar-refractivity contribution in [3.63, 3.8) is 0 Å². The quantitative estimate of drug-likeness (QED) is 0.723. The Kier molecular flexibility index (Phi) is 4.36. The van der Waals surface area contributed by atoms with Crippen molar-refractivity contribution in [1.82, 2.24) is 0 Å². The largest absolute Gasteiger partial charge is 0.393 e. The average Bonchev–Trinajstić information content (AvgIpc) is 2.81. The third-order valence-corrected chi connectivity index (χ3v) is 10.2. The van der Waals surface area contributed by atoms with Crippen molar-refractivity contribution in [3.8, 4) is 0 Å². The average molecular weight is 349 g/mol. The molecule has 0 aromatic carbocycles. The van der Waals surface area contributed by atoms with Gasteiger partial charge in [0, 0.05) is 0 Å². The van der Waals surface area contributed by atoms with Crippen LogP contribution in [0.5, 0.6) is 0 Å². The van der Waals surface area contributed by atoms with Crippen LogP contribution >= 0.6 is 0 Å². The zero-order valence-electron chi connectivity index (χ0n) is 16.9. The molecule has 0 radical (unpaired) electrons. The summed E-state index contributed by atoms with van der Waals surface area (Å²) in [6.07, 6.45) is 11.5. The van der Waals surface area contributed by atoms with Gasteiger partial charge in [-0.1, -0.05) is 34.1 Å². The van der Waals surface area contributed by atoms with Crippen LogP contribution in [0.3, 0.4) is 0 Å². The molecule has 0 bridgehead atoms. The minimum atomic E-state index is -0.413. The van der Waals surface area contributed by atoms with Crippen LogP contribution in [0.25, 0.3) is 0 Å². The summed E-state index contributed by atoms with van der Waals surface area (Å²) in [6, 6.07) is 0. The molecular formula is C23H40O2. The van der Waals surface area contributed by atoms with Crippen molar-refractivity contribution < 1.29 is 10.2 Å². The Hall–Kier alpha value is -0.0800. The van der Waals surface area contributed by atoms with Gasteiger partial charge in [0.2, 0.25) is 0 Å². The second-order valence-corrected chi connectivity index (χ2v) is 10.8. The maximum Gasteiger partial charge on any atom is 0.0703 e. The van der Waals surface area contributed by atoms with E-state index in [9.17, 15) is 10.2 Å². The molecule has 4 fully saturated rings. The highest BCUT2D eigenvalue weighted by atomic mass is 16.3. The Morgan fingerprint density at radius 1 is 0.960 bits per heavy atom. The molecule has 2 N–H and O–H groups in total. The molecule has 144 valence electrons. The molecule has 2 heteroatoms. The zero-order chi connectivity index (χ0) is 18.0. The number of aliphatic hydroxyl groups is 2. The fourth-order valence-corrected chi connectivity index (χ4v) is 8.63.